The molecule has 0 spiro atoms. The number of hydrogen-bond donors (Lipinski definition) is 2. The molecule has 1 aliphatic heterocycles. The van der Waals surface area contributed by atoms with Crippen LogP contribution in [0.3, 0.4) is 0 Å². The summed E-state index contributed by atoms with van der Waals surface area (Å²) >= 11 is 0. The molecule has 0 saturated carbocycles. The fourth-order valence-corrected chi connectivity index (χ4v) is 5.50. The number of piperazine rings is 1. The SMILES string of the molecule is COc1ccc(Cn2ncc3nc(-c4ccc(-c5cnc(N6CC(C)NC(C)C6)cc5C)cc4)[nH]c(=O)c32)cc1. The largest absolute Gasteiger partial charge is 0.497 e. The van der Waals surface area contributed by atoms with Crippen molar-refractivity contribution in [2.75, 3.05) is 25.1 Å². The molecule has 6 rings (SSSR count). The molecule has 40 heavy (non-hydrogen) atoms. The van der Waals surface area contributed by atoms with Crippen molar-refractivity contribution in [2.45, 2.75) is 39.4 Å². The van der Waals surface area contributed by atoms with E-state index in [4.69, 9.17) is 14.7 Å². The summed E-state index contributed by atoms with van der Waals surface area (Å²) in [6.45, 7) is 8.90. The summed E-state index contributed by atoms with van der Waals surface area (Å²) in [5.74, 6) is 2.31. The highest BCUT2D eigenvalue weighted by Crippen LogP contribution is 2.28. The van der Waals surface area contributed by atoms with Crippen LogP contribution in [-0.2, 0) is 6.54 Å². The molecule has 4 heterocycles. The number of aromatic amines is 1. The summed E-state index contributed by atoms with van der Waals surface area (Å²) in [6, 6.07) is 18.8. The molecule has 5 aromatic rings. The van der Waals surface area contributed by atoms with Crippen LogP contribution in [0.25, 0.3) is 33.5 Å². The Labute approximate surface area is 232 Å². The normalized spacial score (nSPS) is 17.4. The van der Waals surface area contributed by atoms with Crippen LogP contribution in [-0.4, -0.2) is 57.0 Å². The maximum Gasteiger partial charge on any atom is 0.277 e. The van der Waals surface area contributed by atoms with Gasteiger partial charge in [-0.15, -0.1) is 0 Å². The maximum absolute atomic E-state index is 13.1. The van der Waals surface area contributed by atoms with Crippen LogP contribution >= 0.6 is 0 Å². The quantitative estimate of drug-likeness (QED) is 0.332. The molecule has 2 unspecified atom stereocenters. The van der Waals surface area contributed by atoms with Crippen molar-refractivity contribution in [1.29, 1.82) is 0 Å². The van der Waals surface area contributed by atoms with Crippen molar-refractivity contribution >= 4 is 16.9 Å². The van der Waals surface area contributed by atoms with Crippen LogP contribution in [0.2, 0.25) is 0 Å². The number of benzene rings is 2. The fourth-order valence-electron chi connectivity index (χ4n) is 5.50. The summed E-state index contributed by atoms with van der Waals surface area (Å²) in [7, 11) is 1.64. The van der Waals surface area contributed by atoms with E-state index in [2.05, 4.69) is 47.1 Å². The van der Waals surface area contributed by atoms with Gasteiger partial charge in [0.05, 0.1) is 19.9 Å². The number of aromatic nitrogens is 5. The van der Waals surface area contributed by atoms with Gasteiger partial charge in [-0.3, -0.25) is 9.48 Å². The summed E-state index contributed by atoms with van der Waals surface area (Å²) < 4.78 is 6.90. The van der Waals surface area contributed by atoms with Crippen molar-refractivity contribution < 1.29 is 4.74 Å². The minimum absolute atomic E-state index is 0.220. The van der Waals surface area contributed by atoms with Crippen LogP contribution in [0.15, 0.2) is 71.8 Å². The van der Waals surface area contributed by atoms with Crippen LogP contribution in [0.4, 0.5) is 5.82 Å². The van der Waals surface area contributed by atoms with Gasteiger partial charge in [-0.2, -0.15) is 5.10 Å². The standard InChI is InChI=1S/C31H33N7O2/c1-19-13-28(37-16-20(2)34-21(3)17-37)32-14-26(19)23-7-9-24(10-8-23)30-35-27-15-33-38(29(27)31(39)36-30)18-22-5-11-25(40-4)12-6-22/h5-15,20-21,34H,16-18H2,1-4H3,(H,35,36,39). The topological polar surface area (TPSA) is 101 Å². The Morgan fingerprint density at radius 3 is 2.35 bits per heavy atom. The van der Waals surface area contributed by atoms with Gasteiger partial charge in [0.15, 0.2) is 5.52 Å². The van der Waals surface area contributed by atoms with Gasteiger partial charge in [0.1, 0.15) is 22.9 Å². The zero-order chi connectivity index (χ0) is 27.8. The molecule has 0 aliphatic carbocycles. The zero-order valence-electron chi connectivity index (χ0n) is 23.2. The summed E-state index contributed by atoms with van der Waals surface area (Å²) in [5, 5.41) is 8.00. The molecular weight excluding hydrogens is 502 g/mol. The molecule has 0 bridgehead atoms. The van der Waals surface area contributed by atoms with Crippen LogP contribution in [0.5, 0.6) is 5.75 Å². The Bertz CT molecular complexity index is 1700. The lowest BCUT2D eigenvalue weighted by molar-refractivity contribution is 0.405. The lowest BCUT2D eigenvalue weighted by Gasteiger charge is -2.37. The monoisotopic (exact) mass is 535 g/mol. The number of aryl methyl sites for hydroxylation is 1. The highest BCUT2D eigenvalue weighted by Gasteiger charge is 2.22. The van der Waals surface area contributed by atoms with E-state index < -0.39 is 0 Å². The van der Waals surface area contributed by atoms with E-state index in [0.717, 1.165) is 46.9 Å². The van der Waals surface area contributed by atoms with Crippen molar-refractivity contribution in [3.8, 4) is 28.3 Å². The predicted molar refractivity (Wildman–Crippen MR) is 158 cm³/mol. The Kier molecular flexibility index (Phi) is 6.81. The van der Waals surface area contributed by atoms with Gasteiger partial charge in [0, 0.05) is 42.5 Å². The molecule has 1 fully saturated rings. The van der Waals surface area contributed by atoms with E-state index in [1.807, 2.05) is 54.7 Å². The molecule has 2 N–H and O–H groups in total. The third-order valence-electron chi connectivity index (χ3n) is 7.44. The average molecular weight is 536 g/mol. The van der Waals surface area contributed by atoms with Gasteiger partial charge < -0.3 is 19.9 Å². The van der Waals surface area contributed by atoms with E-state index in [9.17, 15) is 4.79 Å². The first-order chi connectivity index (χ1) is 19.4. The van der Waals surface area contributed by atoms with Gasteiger partial charge in [-0.05, 0) is 55.7 Å². The number of H-pyrrole nitrogens is 1. The van der Waals surface area contributed by atoms with Gasteiger partial charge in [0.2, 0.25) is 0 Å². The van der Waals surface area contributed by atoms with Crippen LogP contribution in [0, 0.1) is 6.92 Å². The number of nitrogens with one attached hydrogen (secondary N) is 2. The van der Waals surface area contributed by atoms with E-state index in [1.165, 1.54) is 5.56 Å². The molecule has 9 heteroatoms. The van der Waals surface area contributed by atoms with E-state index >= 15 is 0 Å². The third-order valence-corrected chi connectivity index (χ3v) is 7.44. The number of nitrogens with zero attached hydrogens (tertiary/aromatic N) is 5. The van der Waals surface area contributed by atoms with Crippen molar-refractivity contribution in [1.82, 2.24) is 30.0 Å². The van der Waals surface area contributed by atoms with Crippen molar-refractivity contribution in [3.63, 3.8) is 0 Å². The van der Waals surface area contributed by atoms with Gasteiger partial charge >= 0.3 is 0 Å². The first-order valence-corrected chi connectivity index (χ1v) is 13.5. The summed E-state index contributed by atoms with van der Waals surface area (Å²) in [6.07, 6.45) is 3.60. The Morgan fingerprint density at radius 2 is 1.68 bits per heavy atom. The van der Waals surface area contributed by atoms with Gasteiger partial charge in [-0.25, -0.2) is 9.97 Å². The number of pyridine rings is 1. The van der Waals surface area contributed by atoms with E-state index in [0.29, 0.717) is 35.5 Å². The molecular formula is C31H33N7O2. The number of hydrogen-bond acceptors (Lipinski definition) is 7. The molecule has 9 nitrogen and oxygen atoms in total. The van der Waals surface area contributed by atoms with Crippen LogP contribution in [0.1, 0.15) is 25.0 Å². The molecule has 2 aromatic carbocycles. The van der Waals surface area contributed by atoms with Gasteiger partial charge in [-0.1, -0.05) is 36.4 Å². The second-order valence-electron chi connectivity index (χ2n) is 10.6. The Morgan fingerprint density at radius 1 is 0.975 bits per heavy atom. The predicted octanol–water partition coefficient (Wildman–Crippen LogP) is 4.40. The Balaban J connectivity index is 1.23. The first kappa shape index (κ1) is 25.8. The number of fused-ring (bicyclic) bond motifs is 1. The zero-order valence-corrected chi connectivity index (χ0v) is 23.2. The second kappa shape index (κ2) is 10.6. The number of ether oxygens (including phenoxy) is 1. The maximum atomic E-state index is 13.1. The molecule has 1 aliphatic rings. The third kappa shape index (κ3) is 5.08. The number of methoxy groups -OCH3 is 1. The molecule has 2 atom stereocenters. The number of anilines is 1. The summed E-state index contributed by atoms with van der Waals surface area (Å²) in [5.41, 5.74) is 5.96. The fraction of sp³-hybridized carbons (Fsp3) is 0.290. The van der Waals surface area contributed by atoms with Crippen LogP contribution < -0.4 is 20.5 Å². The highest BCUT2D eigenvalue weighted by molar-refractivity contribution is 5.76. The molecule has 0 amide bonds. The molecule has 0 radical (unpaired) electrons. The lowest BCUT2D eigenvalue weighted by Crippen LogP contribution is -2.54. The van der Waals surface area contributed by atoms with Crippen molar-refractivity contribution in [3.05, 3.63) is 88.5 Å². The first-order valence-electron chi connectivity index (χ1n) is 13.5. The minimum atomic E-state index is -0.220. The second-order valence-corrected chi connectivity index (χ2v) is 10.6. The minimum Gasteiger partial charge on any atom is -0.497 e. The highest BCUT2D eigenvalue weighted by atomic mass is 16.5. The average Bonchev–Trinajstić information content (AvgIpc) is 3.36. The van der Waals surface area contributed by atoms with E-state index in [1.54, 1.807) is 18.0 Å². The van der Waals surface area contributed by atoms with Crippen molar-refractivity contribution in [2.24, 2.45) is 0 Å². The summed E-state index contributed by atoms with van der Waals surface area (Å²) in [4.78, 5) is 27.9. The number of rotatable bonds is 6. The smallest absolute Gasteiger partial charge is 0.277 e. The lowest BCUT2D eigenvalue weighted by atomic mass is 10.0. The Hall–Kier alpha value is -4.50. The molecule has 3 aromatic heterocycles. The van der Waals surface area contributed by atoms with E-state index in [-0.39, 0.29) is 5.56 Å². The molecule has 204 valence electrons. The van der Waals surface area contributed by atoms with Gasteiger partial charge in [0.25, 0.3) is 5.56 Å². The molecule has 1 saturated heterocycles.